The molecule has 3 aromatic rings. The van der Waals surface area contributed by atoms with Gasteiger partial charge in [0, 0.05) is 36.1 Å². The van der Waals surface area contributed by atoms with Gasteiger partial charge in [-0.2, -0.15) is 0 Å². The van der Waals surface area contributed by atoms with Crippen LogP contribution >= 0.6 is 0 Å². The summed E-state index contributed by atoms with van der Waals surface area (Å²) >= 11 is 0. The quantitative estimate of drug-likeness (QED) is 0.454. The molecular formula is C22H26N6O3S. The molecule has 0 aliphatic heterocycles. The zero-order valence-corrected chi connectivity index (χ0v) is 19.0. The van der Waals surface area contributed by atoms with Crippen LogP contribution in [0.15, 0.2) is 65.8 Å². The normalized spacial score (nSPS) is 11.1. The minimum Gasteiger partial charge on any atom is -0.340 e. The van der Waals surface area contributed by atoms with E-state index in [2.05, 4.69) is 25.3 Å². The van der Waals surface area contributed by atoms with Crippen molar-refractivity contribution in [1.29, 1.82) is 0 Å². The number of nitrogens with zero attached hydrogens (tertiary/aromatic N) is 3. The first-order chi connectivity index (χ1) is 15.4. The van der Waals surface area contributed by atoms with Crippen LogP contribution in [-0.4, -0.2) is 49.3 Å². The lowest BCUT2D eigenvalue weighted by atomic mass is 10.2. The number of hydrogen-bond donors (Lipinski definition) is 3. The first-order valence-corrected chi connectivity index (χ1v) is 11.6. The molecule has 0 aliphatic rings. The Morgan fingerprint density at radius 3 is 2.12 bits per heavy atom. The summed E-state index contributed by atoms with van der Waals surface area (Å²) in [6.07, 6.45) is 1.40. The van der Waals surface area contributed by atoms with E-state index < -0.39 is 10.0 Å². The Bertz CT molecular complexity index is 1180. The number of anilines is 4. The Morgan fingerprint density at radius 1 is 0.906 bits per heavy atom. The van der Waals surface area contributed by atoms with Crippen molar-refractivity contribution in [3.8, 4) is 0 Å². The zero-order valence-electron chi connectivity index (χ0n) is 18.2. The van der Waals surface area contributed by atoms with Gasteiger partial charge in [-0.3, -0.25) is 4.79 Å². The van der Waals surface area contributed by atoms with Crippen molar-refractivity contribution in [3.05, 3.63) is 66.5 Å². The van der Waals surface area contributed by atoms with E-state index in [9.17, 15) is 13.2 Å². The summed E-state index contributed by atoms with van der Waals surface area (Å²) in [7, 11) is -2.18. The summed E-state index contributed by atoms with van der Waals surface area (Å²) in [5.41, 5.74) is 1.97. The van der Waals surface area contributed by atoms with Crippen molar-refractivity contribution in [1.82, 2.24) is 19.6 Å². The number of rotatable bonds is 9. The summed E-state index contributed by atoms with van der Waals surface area (Å²) in [4.78, 5) is 22.8. The van der Waals surface area contributed by atoms with Crippen molar-refractivity contribution in [2.75, 3.05) is 30.8 Å². The average Bonchev–Trinajstić information content (AvgIpc) is 2.81. The van der Waals surface area contributed by atoms with Crippen LogP contribution in [0.4, 0.5) is 23.0 Å². The molecule has 2 aromatic carbocycles. The summed E-state index contributed by atoms with van der Waals surface area (Å²) in [5, 5.41) is 6.26. The second-order valence-electron chi connectivity index (χ2n) is 6.83. The number of benzene rings is 2. The molecule has 0 radical (unpaired) electrons. The molecule has 1 aromatic heterocycles. The first kappa shape index (κ1) is 23.2. The maximum atomic E-state index is 12.4. The van der Waals surface area contributed by atoms with Gasteiger partial charge in [-0.1, -0.05) is 6.07 Å². The van der Waals surface area contributed by atoms with Crippen LogP contribution < -0.4 is 15.4 Å². The standard InChI is InChI=1S/C22H26N6O3S/c1-4-28(5-2)22(29)16-9-11-17(12-10-16)26-20-14-21(25-15-24-20)27-18-7-6-8-19(13-18)32(30,31)23-3/h6-15,23H,4-5H2,1-3H3,(H2,24,25,26,27). The maximum absolute atomic E-state index is 12.4. The van der Waals surface area contributed by atoms with E-state index in [1.165, 1.54) is 25.5 Å². The van der Waals surface area contributed by atoms with Gasteiger partial charge in [-0.25, -0.2) is 23.1 Å². The van der Waals surface area contributed by atoms with Crippen molar-refractivity contribution >= 4 is 38.9 Å². The SMILES string of the molecule is CCN(CC)C(=O)c1ccc(Nc2cc(Nc3cccc(S(=O)(=O)NC)c3)ncn2)cc1. The molecule has 0 saturated carbocycles. The molecule has 1 amide bonds. The van der Waals surface area contributed by atoms with Crippen LogP contribution in [0.25, 0.3) is 0 Å². The van der Waals surface area contributed by atoms with Crippen LogP contribution in [0.5, 0.6) is 0 Å². The number of carbonyl (C=O) groups excluding carboxylic acids is 1. The molecule has 0 aliphatic carbocycles. The molecular weight excluding hydrogens is 428 g/mol. The molecule has 1 heterocycles. The van der Waals surface area contributed by atoms with Crippen LogP contribution in [0.1, 0.15) is 24.2 Å². The minimum atomic E-state index is -3.54. The van der Waals surface area contributed by atoms with E-state index in [4.69, 9.17) is 0 Å². The Kier molecular flexibility index (Phi) is 7.39. The van der Waals surface area contributed by atoms with E-state index in [0.29, 0.717) is 36.0 Å². The summed E-state index contributed by atoms with van der Waals surface area (Å²) in [6.45, 7) is 5.23. The number of sulfonamides is 1. The van der Waals surface area contributed by atoms with Crippen molar-refractivity contribution in [2.24, 2.45) is 0 Å². The molecule has 0 spiro atoms. The van der Waals surface area contributed by atoms with Gasteiger partial charge in [0.2, 0.25) is 10.0 Å². The minimum absolute atomic E-state index is 0.00223. The smallest absolute Gasteiger partial charge is 0.253 e. The average molecular weight is 455 g/mol. The molecule has 3 N–H and O–H groups in total. The van der Waals surface area contributed by atoms with E-state index in [1.807, 2.05) is 26.0 Å². The summed E-state index contributed by atoms with van der Waals surface area (Å²) < 4.78 is 26.3. The highest BCUT2D eigenvalue weighted by molar-refractivity contribution is 7.89. The lowest BCUT2D eigenvalue weighted by Crippen LogP contribution is -2.30. The predicted octanol–water partition coefficient (Wildman–Crippen LogP) is 3.35. The fourth-order valence-corrected chi connectivity index (χ4v) is 3.81. The third-order valence-electron chi connectivity index (χ3n) is 4.81. The molecule has 9 nitrogen and oxygen atoms in total. The lowest BCUT2D eigenvalue weighted by Gasteiger charge is -2.18. The van der Waals surface area contributed by atoms with Crippen molar-refractivity contribution < 1.29 is 13.2 Å². The zero-order chi connectivity index (χ0) is 23.1. The number of carbonyl (C=O) groups is 1. The third-order valence-corrected chi connectivity index (χ3v) is 6.22. The molecule has 0 bridgehead atoms. The largest absolute Gasteiger partial charge is 0.340 e. The molecule has 10 heteroatoms. The van der Waals surface area contributed by atoms with Gasteiger partial charge in [0.15, 0.2) is 0 Å². The Hall–Kier alpha value is -3.50. The molecule has 0 unspecified atom stereocenters. The van der Waals surface area contributed by atoms with Gasteiger partial charge in [-0.15, -0.1) is 0 Å². The van der Waals surface area contributed by atoms with Crippen LogP contribution in [-0.2, 0) is 10.0 Å². The van der Waals surface area contributed by atoms with E-state index in [1.54, 1.807) is 35.2 Å². The summed E-state index contributed by atoms with van der Waals surface area (Å²) in [5.74, 6) is 1.04. The van der Waals surface area contributed by atoms with E-state index >= 15 is 0 Å². The van der Waals surface area contributed by atoms with Crippen LogP contribution in [0.3, 0.4) is 0 Å². The fourth-order valence-electron chi connectivity index (χ4n) is 3.04. The van der Waals surface area contributed by atoms with Crippen LogP contribution in [0, 0.1) is 0 Å². The molecule has 3 rings (SSSR count). The van der Waals surface area contributed by atoms with Gasteiger partial charge in [0.1, 0.15) is 18.0 Å². The highest BCUT2D eigenvalue weighted by atomic mass is 32.2. The Morgan fingerprint density at radius 2 is 1.53 bits per heavy atom. The third kappa shape index (κ3) is 5.59. The monoisotopic (exact) mass is 454 g/mol. The Balaban J connectivity index is 1.72. The lowest BCUT2D eigenvalue weighted by molar-refractivity contribution is 0.0773. The topological polar surface area (TPSA) is 116 Å². The highest BCUT2D eigenvalue weighted by Crippen LogP contribution is 2.22. The number of aromatic nitrogens is 2. The first-order valence-electron chi connectivity index (χ1n) is 10.1. The second kappa shape index (κ2) is 10.2. The van der Waals surface area contributed by atoms with Gasteiger partial charge < -0.3 is 15.5 Å². The van der Waals surface area contributed by atoms with Crippen LogP contribution in [0.2, 0.25) is 0 Å². The van der Waals surface area contributed by atoms with E-state index in [-0.39, 0.29) is 10.8 Å². The molecule has 168 valence electrons. The van der Waals surface area contributed by atoms with E-state index in [0.717, 1.165) is 5.69 Å². The fraction of sp³-hybridized carbons (Fsp3) is 0.227. The molecule has 0 atom stereocenters. The van der Waals surface area contributed by atoms with Crippen molar-refractivity contribution in [3.63, 3.8) is 0 Å². The van der Waals surface area contributed by atoms with Gasteiger partial charge >= 0.3 is 0 Å². The predicted molar refractivity (Wildman–Crippen MR) is 125 cm³/mol. The molecule has 0 fully saturated rings. The van der Waals surface area contributed by atoms with Crippen molar-refractivity contribution in [2.45, 2.75) is 18.7 Å². The molecule has 32 heavy (non-hydrogen) atoms. The number of hydrogen-bond acceptors (Lipinski definition) is 7. The Labute approximate surface area is 188 Å². The molecule has 0 saturated heterocycles. The second-order valence-corrected chi connectivity index (χ2v) is 8.72. The summed E-state index contributed by atoms with van der Waals surface area (Å²) in [6, 6.07) is 15.3. The number of nitrogens with one attached hydrogen (secondary N) is 3. The number of amides is 1. The highest BCUT2D eigenvalue weighted by Gasteiger charge is 2.13. The van der Waals surface area contributed by atoms with Gasteiger partial charge in [0.25, 0.3) is 5.91 Å². The van der Waals surface area contributed by atoms with Gasteiger partial charge in [-0.05, 0) is 63.4 Å². The van der Waals surface area contributed by atoms with Gasteiger partial charge in [0.05, 0.1) is 4.90 Å². The maximum Gasteiger partial charge on any atom is 0.253 e.